The number of rotatable bonds is 5. The predicted octanol–water partition coefficient (Wildman–Crippen LogP) is 2.92. The lowest BCUT2D eigenvalue weighted by Gasteiger charge is -2.25. The van der Waals surface area contributed by atoms with E-state index >= 15 is 0 Å². The molecule has 1 N–H and O–H groups in total. The van der Waals surface area contributed by atoms with Gasteiger partial charge in [-0.15, -0.1) is 0 Å². The molecule has 116 valence electrons. The molecule has 0 atom stereocenters. The fraction of sp³-hybridized carbons (Fsp3) is 0.412. The van der Waals surface area contributed by atoms with E-state index in [1.54, 1.807) is 13.3 Å². The molecule has 1 saturated carbocycles. The van der Waals surface area contributed by atoms with E-state index in [-0.39, 0.29) is 5.91 Å². The van der Waals surface area contributed by atoms with Crippen molar-refractivity contribution in [1.82, 2.24) is 10.3 Å². The average Bonchev–Trinajstić information content (AvgIpc) is 3.25. The third-order valence-corrected chi connectivity index (χ3v) is 4.34. The zero-order chi connectivity index (χ0) is 15.4. The van der Waals surface area contributed by atoms with Crippen LogP contribution in [0.5, 0.6) is 0 Å². The number of methoxy groups -OCH3 is 1. The molecule has 0 radical (unpaired) electrons. The maximum Gasteiger partial charge on any atom is 0.252 e. The molecule has 1 aromatic heterocycles. The minimum Gasteiger partial charge on any atom is -0.444 e. The summed E-state index contributed by atoms with van der Waals surface area (Å²) in [4.78, 5) is 16.3. The molecular weight excluding hydrogens is 280 g/mol. The van der Waals surface area contributed by atoms with Crippen molar-refractivity contribution in [1.29, 1.82) is 0 Å². The lowest BCUT2D eigenvalue weighted by molar-refractivity contribution is -0.142. The van der Waals surface area contributed by atoms with Crippen LogP contribution in [0, 0.1) is 0 Å². The van der Waals surface area contributed by atoms with Crippen LogP contribution in [0.2, 0.25) is 0 Å². The molecule has 1 aliphatic carbocycles. The number of nitrogens with zero attached hydrogens (tertiary/aromatic N) is 1. The second-order valence-corrected chi connectivity index (χ2v) is 5.65. The van der Waals surface area contributed by atoms with Gasteiger partial charge in [0, 0.05) is 19.2 Å². The van der Waals surface area contributed by atoms with Crippen LogP contribution in [0.15, 0.2) is 41.3 Å². The number of hydrogen-bond acceptors (Lipinski definition) is 4. The van der Waals surface area contributed by atoms with Gasteiger partial charge in [0.05, 0.1) is 6.20 Å². The third kappa shape index (κ3) is 2.90. The summed E-state index contributed by atoms with van der Waals surface area (Å²) >= 11 is 0. The number of carbonyl (C=O) groups is 1. The van der Waals surface area contributed by atoms with E-state index in [0.29, 0.717) is 6.54 Å². The molecule has 5 nitrogen and oxygen atoms in total. The number of benzene rings is 1. The van der Waals surface area contributed by atoms with Gasteiger partial charge < -0.3 is 14.5 Å². The topological polar surface area (TPSA) is 64.4 Å². The molecule has 0 saturated heterocycles. The van der Waals surface area contributed by atoms with Gasteiger partial charge in [-0.3, -0.25) is 4.79 Å². The number of carbonyl (C=O) groups excluding carboxylic acids is 1. The Morgan fingerprint density at radius 2 is 2.05 bits per heavy atom. The van der Waals surface area contributed by atoms with Crippen LogP contribution < -0.4 is 5.32 Å². The van der Waals surface area contributed by atoms with E-state index in [2.05, 4.69) is 10.3 Å². The van der Waals surface area contributed by atoms with Gasteiger partial charge in [-0.2, -0.15) is 0 Å². The first-order chi connectivity index (χ1) is 10.7. The number of ether oxygens (including phenoxy) is 1. The molecule has 1 aromatic carbocycles. The molecule has 0 bridgehead atoms. The Labute approximate surface area is 129 Å². The summed E-state index contributed by atoms with van der Waals surface area (Å²) < 4.78 is 10.7. The summed E-state index contributed by atoms with van der Waals surface area (Å²) in [6, 6.07) is 7.88. The lowest BCUT2D eigenvalue weighted by Crippen LogP contribution is -2.45. The van der Waals surface area contributed by atoms with Crippen molar-refractivity contribution in [3.8, 4) is 11.3 Å². The van der Waals surface area contributed by atoms with Crippen molar-refractivity contribution in [3.63, 3.8) is 0 Å². The highest BCUT2D eigenvalue weighted by Gasteiger charge is 2.40. The van der Waals surface area contributed by atoms with Crippen LogP contribution in [-0.4, -0.2) is 23.6 Å². The number of amides is 1. The normalized spacial score (nSPS) is 16.6. The van der Waals surface area contributed by atoms with Gasteiger partial charge >= 0.3 is 0 Å². The number of aromatic nitrogens is 1. The lowest BCUT2D eigenvalue weighted by atomic mass is 10.0. The number of hydrogen-bond donors (Lipinski definition) is 1. The Morgan fingerprint density at radius 1 is 1.32 bits per heavy atom. The van der Waals surface area contributed by atoms with Crippen molar-refractivity contribution in [2.45, 2.75) is 37.8 Å². The first-order valence-corrected chi connectivity index (χ1v) is 7.55. The van der Waals surface area contributed by atoms with Crippen molar-refractivity contribution in [2.24, 2.45) is 0 Å². The zero-order valence-electron chi connectivity index (χ0n) is 12.7. The largest absolute Gasteiger partial charge is 0.444 e. The molecule has 3 rings (SSSR count). The Bertz CT molecular complexity index is 614. The van der Waals surface area contributed by atoms with Crippen molar-refractivity contribution >= 4 is 5.91 Å². The Morgan fingerprint density at radius 3 is 2.64 bits per heavy atom. The van der Waals surface area contributed by atoms with Gasteiger partial charge in [0.1, 0.15) is 5.60 Å². The Hall–Kier alpha value is -2.14. The van der Waals surface area contributed by atoms with Gasteiger partial charge in [-0.25, -0.2) is 4.98 Å². The summed E-state index contributed by atoms with van der Waals surface area (Å²) in [5, 5.41) is 2.99. The molecule has 2 aromatic rings. The highest BCUT2D eigenvalue weighted by Crippen LogP contribution is 2.32. The molecular formula is C17H20N2O3. The van der Waals surface area contributed by atoms with Crippen LogP contribution in [0.25, 0.3) is 11.3 Å². The quantitative estimate of drug-likeness (QED) is 0.922. The SMILES string of the molecule is COC1(C(=O)NCc2ccc(-c3cnco3)cc2)CCCC1. The minimum absolute atomic E-state index is 0.00758. The summed E-state index contributed by atoms with van der Waals surface area (Å²) in [5.41, 5.74) is 1.39. The van der Waals surface area contributed by atoms with E-state index in [1.165, 1.54) is 6.39 Å². The third-order valence-electron chi connectivity index (χ3n) is 4.34. The minimum atomic E-state index is -0.625. The summed E-state index contributed by atoms with van der Waals surface area (Å²) in [5.74, 6) is 0.728. The van der Waals surface area contributed by atoms with E-state index in [4.69, 9.17) is 9.15 Å². The van der Waals surface area contributed by atoms with Crippen molar-refractivity contribution in [2.75, 3.05) is 7.11 Å². The van der Waals surface area contributed by atoms with Gasteiger partial charge in [0.25, 0.3) is 5.91 Å². The van der Waals surface area contributed by atoms with E-state index in [0.717, 1.165) is 42.6 Å². The van der Waals surface area contributed by atoms with E-state index in [9.17, 15) is 4.79 Å². The van der Waals surface area contributed by atoms with E-state index in [1.807, 2.05) is 24.3 Å². The number of oxazole rings is 1. The van der Waals surface area contributed by atoms with Gasteiger partial charge in [0.2, 0.25) is 0 Å². The predicted molar refractivity (Wildman–Crippen MR) is 82.0 cm³/mol. The molecule has 5 heteroatoms. The van der Waals surface area contributed by atoms with Crippen LogP contribution in [-0.2, 0) is 16.1 Å². The smallest absolute Gasteiger partial charge is 0.252 e. The van der Waals surface area contributed by atoms with Gasteiger partial charge in [-0.05, 0) is 31.2 Å². The molecule has 1 amide bonds. The van der Waals surface area contributed by atoms with E-state index < -0.39 is 5.60 Å². The average molecular weight is 300 g/mol. The maximum absolute atomic E-state index is 12.4. The van der Waals surface area contributed by atoms with Crippen molar-refractivity contribution in [3.05, 3.63) is 42.4 Å². The van der Waals surface area contributed by atoms with Gasteiger partial charge in [0.15, 0.2) is 12.2 Å². The highest BCUT2D eigenvalue weighted by atomic mass is 16.5. The molecule has 1 fully saturated rings. The van der Waals surface area contributed by atoms with Crippen LogP contribution in [0.1, 0.15) is 31.2 Å². The molecule has 22 heavy (non-hydrogen) atoms. The fourth-order valence-corrected chi connectivity index (χ4v) is 2.96. The molecule has 0 spiro atoms. The first-order valence-electron chi connectivity index (χ1n) is 7.55. The first kappa shape index (κ1) is 14.8. The summed E-state index contributed by atoms with van der Waals surface area (Å²) in [7, 11) is 1.62. The monoisotopic (exact) mass is 300 g/mol. The second kappa shape index (κ2) is 6.32. The maximum atomic E-state index is 12.4. The molecule has 0 unspecified atom stereocenters. The second-order valence-electron chi connectivity index (χ2n) is 5.65. The zero-order valence-corrected chi connectivity index (χ0v) is 12.7. The Kier molecular flexibility index (Phi) is 4.24. The number of nitrogens with one attached hydrogen (secondary N) is 1. The molecule has 1 aliphatic rings. The van der Waals surface area contributed by atoms with Crippen LogP contribution in [0.3, 0.4) is 0 Å². The highest BCUT2D eigenvalue weighted by molar-refractivity contribution is 5.85. The van der Waals surface area contributed by atoms with Crippen LogP contribution in [0.4, 0.5) is 0 Å². The summed E-state index contributed by atoms with van der Waals surface area (Å²) in [6.07, 6.45) is 6.80. The van der Waals surface area contributed by atoms with Gasteiger partial charge in [-0.1, -0.05) is 24.3 Å². The fourth-order valence-electron chi connectivity index (χ4n) is 2.96. The molecule has 0 aliphatic heterocycles. The van der Waals surface area contributed by atoms with Crippen molar-refractivity contribution < 1.29 is 13.9 Å². The Balaban J connectivity index is 1.61. The standard InChI is InChI=1S/C17H20N2O3/c1-21-17(8-2-3-9-17)16(20)19-10-13-4-6-14(7-5-13)15-11-18-12-22-15/h4-7,11-12H,2-3,8-10H2,1H3,(H,19,20). The van der Waals surface area contributed by atoms with Crippen LogP contribution >= 0.6 is 0 Å². The summed E-state index contributed by atoms with van der Waals surface area (Å²) in [6.45, 7) is 0.501. The molecule has 1 heterocycles.